The molecule has 0 spiro atoms. The van der Waals surface area contributed by atoms with E-state index < -0.39 is 0 Å². The Kier molecular flexibility index (Phi) is 6.99. The van der Waals surface area contributed by atoms with Gasteiger partial charge >= 0.3 is 0 Å². The summed E-state index contributed by atoms with van der Waals surface area (Å²) in [6, 6.07) is 13.0. The van der Waals surface area contributed by atoms with Gasteiger partial charge in [0.05, 0.1) is 36.9 Å². The van der Waals surface area contributed by atoms with Gasteiger partial charge in [-0.15, -0.1) is 11.8 Å². The maximum absolute atomic E-state index is 12.2. The van der Waals surface area contributed by atoms with Crippen LogP contribution in [0.4, 0.5) is 11.4 Å². The molecule has 0 saturated heterocycles. The molecule has 0 atom stereocenters. The van der Waals surface area contributed by atoms with Crippen molar-refractivity contribution >= 4 is 40.6 Å². The zero-order chi connectivity index (χ0) is 18.2. The van der Waals surface area contributed by atoms with E-state index in [1.807, 2.05) is 37.3 Å². The van der Waals surface area contributed by atoms with Crippen molar-refractivity contribution in [2.45, 2.75) is 11.8 Å². The monoisotopic (exact) mass is 375 g/mol. The van der Waals surface area contributed by atoms with Gasteiger partial charge in [-0.2, -0.15) is 5.26 Å². The number of hydrogen-bond acceptors (Lipinski definition) is 5. The summed E-state index contributed by atoms with van der Waals surface area (Å²) >= 11 is 7.46. The van der Waals surface area contributed by atoms with Gasteiger partial charge in [-0.25, -0.2) is 0 Å². The van der Waals surface area contributed by atoms with Crippen LogP contribution in [0.15, 0.2) is 41.3 Å². The highest BCUT2D eigenvalue weighted by Gasteiger charge is 2.10. The van der Waals surface area contributed by atoms with Crippen LogP contribution in [0, 0.1) is 18.3 Å². The highest BCUT2D eigenvalue weighted by Crippen LogP contribution is 2.31. The van der Waals surface area contributed by atoms with Crippen molar-refractivity contribution < 1.29 is 9.53 Å². The molecular weight excluding hydrogens is 358 g/mol. The van der Waals surface area contributed by atoms with Crippen LogP contribution in [-0.4, -0.2) is 25.3 Å². The number of hydrogen-bond donors (Lipinski definition) is 2. The topological polar surface area (TPSA) is 74.2 Å². The number of thioether (sulfide) groups is 1. The molecule has 7 heteroatoms. The fourth-order valence-electron chi connectivity index (χ4n) is 2.15. The Morgan fingerprint density at radius 2 is 2.08 bits per heavy atom. The van der Waals surface area contributed by atoms with Crippen molar-refractivity contribution in [3.05, 3.63) is 47.0 Å². The van der Waals surface area contributed by atoms with E-state index in [1.54, 1.807) is 13.2 Å². The van der Waals surface area contributed by atoms with Gasteiger partial charge in [0.2, 0.25) is 5.91 Å². The fraction of sp³-hybridized carbons (Fsp3) is 0.222. The molecule has 2 aromatic rings. The van der Waals surface area contributed by atoms with Crippen LogP contribution in [0.1, 0.15) is 5.56 Å². The number of carbonyl (C=O) groups is 1. The van der Waals surface area contributed by atoms with E-state index in [0.29, 0.717) is 27.9 Å². The summed E-state index contributed by atoms with van der Waals surface area (Å²) in [5.74, 6) is 0.708. The SMILES string of the molecule is COc1cc(Cl)c(C)cc1NCC(=O)Nc1ccccc1SCC#N. The molecule has 0 aliphatic carbocycles. The number of amides is 1. The molecule has 0 radical (unpaired) electrons. The molecule has 0 aromatic heterocycles. The van der Waals surface area contributed by atoms with Gasteiger partial charge in [0, 0.05) is 16.0 Å². The molecule has 0 aliphatic rings. The Balaban J connectivity index is 2.03. The summed E-state index contributed by atoms with van der Waals surface area (Å²) in [5, 5.41) is 15.2. The van der Waals surface area contributed by atoms with Crippen molar-refractivity contribution in [2.75, 3.05) is 30.0 Å². The van der Waals surface area contributed by atoms with Crippen LogP contribution in [-0.2, 0) is 4.79 Å². The first-order valence-electron chi connectivity index (χ1n) is 7.51. The predicted molar refractivity (Wildman–Crippen MR) is 103 cm³/mol. The van der Waals surface area contributed by atoms with Gasteiger partial charge in [-0.1, -0.05) is 23.7 Å². The van der Waals surface area contributed by atoms with E-state index in [1.165, 1.54) is 11.8 Å². The second-order valence-electron chi connectivity index (χ2n) is 5.15. The normalized spacial score (nSPS) is 10.0. The summed E-state index contributed by atoms with van der Waals surface area (Å²) in [7, 11) is 1.55. The third-order valence-electron chi connectivity index (χ3n) is 3.37. The maximum atomic E-state index is 12.2. The van der Waals surface area contributed by atoms with E-state index in [0.717, 1.165) is 10.5 Å². The largest absolute Gasteiger partial charge is 0.495 e. The second-order valence-corrected chi connectivity index (χ2v) is 6.57. The third kappa shape index (κ3) is 5.31. The number of nitrogens with one attached hydrogen (secondary N) is 2. The summed E-state index contributed by atoms with van der Waals surface area (Å²) < 4.78 is 5.28. The Morgan fingerprint density at radius 3 is 2.80 bits per heavy atom. The first kappa shape index (κ1) is 19.0. The first-order valence-corrected chi connectivity index (χ1v) is 8.88. The minimum absolute atomic E-state index is 0.0781. The van der Waals surface area contributed by atoms with Gasteiger partial charge < -0.3 is 15.4 Å². The van der Waals surface area contributed by atoms with E-state index in [-0.39, 0.29) is 12.5 Å². The lowest BCUT2D eigenvalue weighted by Gasteiger charge is -2.14. The van der Waals surface area contributed by atoms with E-state index >= 15 is 0 Å². The quantitative estimate of drug-likeness (QED) is 0.705. The zero-order valence-electron chi connectivity index (χ0n) is 13.9. The molecule has 0 bridgehead atoms. The number of para-hydroxylation sites is 1. The molecule has 25 heavy (non-hydrogen) atoms. The molecule has 5 nitrogen and oxygen atoms in total. The molecule has 1 amide bonds. The minimum Gasteiger partial charge on any atom is -0.495 e. The molecule has 0 saturated carbocycles. The maximum Gasteiger partial charge on any atom is 0.243 e. The number of rotatable bonds is 7. The number of halogens is 1. The Bertz CT molecular complexity index is 805. The van der Waals surface area contributed by atoms with Crippen molar-refractivity contribution in [1.29, 1.82) is 5.26 Å². The number of carbonyl (C=O) groups excluding carboxylic acids is 1. The van der Waals surface area contributed by atoms with Crippen molar-refractivity contribution in [3.8, 4) is 11.8 Å². The Hall–Kier alpha value is -2.36. The van der Waals surface area contributed by atoms with Crippen molar-refractivity contribution in [3.63, 3.8) is 0 Å². The molecule has 0 unspecified atom stereocenters. The van der Waals surface area contributed by atoms with Gasteiger partial charge in [-0.3, -0.25) is 4.79 Å². The summed E-state index contributed by atoms with van der Waals surface area (Å²) in [4.78, 5) is 13.1. The lowest BCUT2D eigenvalue weighted by Crippen LogP contribution is -2.22. The zero-order valence-corrected chi connectivity index (χ0v) is 15.5. The van der Waals surface area contributed by atoms with Crippen molar-refractivity contribution in [1.82, 2.24) is 0 Å². The summed E-state index contributed by atoms with van der Waals surface area (Å²) in [6.07, 6.45) is 0. The number of anilines is 2. The van der Waals surface area contributed by atoms with Crippen LogP contribution in [0.25, 0.3) is 0 Å². The van der Waals surface area contributed by atoms with E-state index in [2.05, 4.69) is 16.7 Å². The smallest absolute Gasteiger partial charge is 0.243 e. The third-order valence-corrected chi connectivity index (χ3v) is 4.72. The molecular formula is C18H18ClN3O2S. The lowest BCUT2D eigenvalue weighted by atomic mass is 10.2. The number of ether oxygens (including phenoxy) is 1. The average molecular weight is 376 g/mol. The molecule has 130 valence electrons. The van der Waals surface area contributed by atoms with Gasteiger partial charge in [0.25, 0.3) is 0 Å². The highest BCUT2D eigenvalue weighted by molar-refractivity contribution is 7.99. The number of aryl methyl sites for hydroxylation is 1. The molecule has 0 fully saturated rings. The van der Waals surface area contributed by atoms with Crippen LogP contribution >= 0.6 is 23.4 Å². The summed E-state index contributed by atoms with van der Waals surface area (Å²) in [6.45, 7) is 1.96. The first-order chi connectivity index (χ1) is 12.0. The average Bonchev–Trinajstić information content (AvgIpc) is 2.61. The number of benzene rings is 2. The van der Waals surface area contributed by atoms with Gasteiger partial charge in [-0.05, 0) is 30.7 Å². The van der Waals surface area contributed by atoms with Gasteiger partial charge in [0.15, 0.2) is 0 Å². The highest BCUT2D eigenvalue weighted by atomic mass is 35.5. The number of nitriles is 1. The second kappa shape index (κ2) is 9.21. The van der Waals surface area contributed by atoms with E-state index in [9.17, 15) is 4.79 Å². The van der Waals surface area contributed by atoms with E-state index in [4.69, 9.17) is 21.6 Å². The fourth-order valence-corrected chi connectivity index (χ4v) is 2.97. The van der Waals surface area contributed by atoms with Crippen LogP contribution in [0.3, 0.4) is 0 Å². The molecule has 0 heterocycles. The lowest BCUT2D eigenvalue weighted by molar-refractivity contribution is -0.114. The summed E-state index contributed by atoms with van der Waals surface area (Å²) in [5.41, 5.74) is 2.28. The minimum atomic E-state index is -0.195. The molecule has 2 aromatic carbocycles. The predicted octanol–water partition coefficient (Wildman–Crippen LogP) is 4.32. The molecule has 2 N–H and O–H groups in total. The molecule has 0 aliphatic heterocycles. The van der Waals surface area contributed by atoms with Crippen LogP contribution < -0.4 is 15.4 Å². The number of methoxy groups -OCH3 is 1. The van der Waals surface area contributed by atoms with Crippen molar-refractivity contribution in [2.24, 2.45) is 0 Å². The Labute approximate surface area is 156 Å². The van der Waals surface area contributed by atoms with Crippen LogP contribution in [0.5, 0.6) is 5.75 Å². The Morgan fingerprint density at radius 1 is 1.32 bits per heavy atom. The van der Waals surface area contributed by atoms with Crippen LogP contribution in [0.2, 0.25) is 5.02 Å². The molecule has 2 rings (SSSR count). The standard InChI is InChI=1S/C18H18ClN3O2S/c1-12-9-15(16(24-2)10-13(12)19)21-11-18(23)22-14-5-3-4-6-17(14)25-8-7-20/h3-6,9-10,21H,8,11H2,1-2H3,(H,22,23). The van der Waals surface area contributed by atoms with Gasteiger partial charge in [0.1, 0.15) is 5.75 Å². The number of nitrogens with zero attached hydrogens (tertiary/aromatic N) is 1.